The maximum atomic E-state index is 10.6. The summed E-state index contributed by atoms with van der Waals surface area (Å²) >= 11 is 0. The van der Waals surface area contributed by atoms with E-state index in [1.807, 2.05) is 0 Å². The van der Waals surface area contributed by atoms with E-state index in [0.29, 0.717) is 0 Å². The fourth-order valence-corrected chi connectivity index (χ4v) is 1.65. The molecule has 1 rings (SSSR count). The number of carboxylic acid groups (broad SMARTS) is 1. The molecule has 0 saturated carbocycles. The molecule has 10 nitrogen and oxygen atoms in total. The number of hydrogen-bond acceptors (Lipinski definition) is 8. The monoisotopic (exact) mass is 274 g/mol. The van der Waals surface area contributed by atoms with Crippen LogP contribution in [-0.2, 0) is 24.1 Å². The normalized spacial score (nSPS) is 38.9. The summed E-state index contributed by atoms with van der Waals surface area (Å²) in [6, 6.07) is 0. The van der Waals surface area contributed by atoms with E-state index in [0.717, 1.165) is 0 Å². The predicted molar refractivity (Wildman–Crippen MR) is 47.0 cm³/mol. The Balaban J connectivity index is 2.89. The summed E-state index contributed by atoms with van der Waals surface area (Å²) in [4.78, 5) is 10.6. The first-order valence-corrected chi connectivity index (χ1v) is 5.58. The van der Waals surface area contributed by atoms with Gasteiger partial charge in [-0.05, 0) is 0 Å². The minimum atomic E-state index is -5.02. The Morgan fingerprint density at radius 3 is 2.06 bits per heavy atom. The molecule has 1 aliphatic heterocycles. The van der Waals surface area contributed by atoms with Crippen molar-refractivity contribution in [3.05, 3.63) is 0 Å². The molecule has 0 bridgehead atoms. The molecule has 0 aromatic heterocycles. The molecule has 11 heteroatoms. The minimum absolute atomic E-state index is 1.70. The van der Waals surface area contributed by atoms with E-state index >= 15 is 0 Å². The molecule has 0 spiro atoms. The zero-order valence-electron chi connectivity index (χ0n) is 8.07. The molecular formula is C6H10O10S. The molecule has 1 fully saturated rings. The van der Waals surface area contributed by atoms with Crippen LogP contribution in [0.25, 0.3) is 0 Å². The Morgan fingerprint density at radius 2 is 1.65 bits per heavy atom. The lowest BCUT2D eigenvalue weighted by Gasteiger charge is -2.37. The summed E-state index contributed by atoms with van der Waals surface area (Å²) in [5, 5.41) is 36.3. The zero-order chi connectivity index (χ0) is 13.4. The molecule has 1 heterocycles. The van der Waals surface area contributed by atoms with Gasteiger partial charge in [0.15, 0.2) is 6.10 Å². The van der Waals surface area contributed by atoms with Crippen LogP contribution < -0.4 is 0 Å². The van der Waals surface area contributed by atoms with Crippen molar-refractivity contribution >= 4 is 16.4 Å². The van der Waals surface area contributed by atoms with Crippen molar-refractivity contribution in [2.45, 2.75) is 30.7 Å². The molecule has 5 unspecified atom stereocenters. The Hall–Kier alpha value is -0.820. The van der Waals surface area contributed by atoms with Crippen molar-refractivity contribution in [2.75, 3.05) is 0 Å². The van der Waals surface area contributed by atoms with Crippen LogP contribution in [0, 0.1) is 0 Å². The van der Waals surface area contributed by atoms with Crippen LogP contribution in [0.5, 0.6) is 0 Å². The zero-order valence-corrected chi connectivity index (χ0v) is 8.89. The second-order valence-electron chi connectivity index (χ2n) is 3.26. The molecule has 1 saturated heterocycles. The van der Waals surface area contributed by atoms with Crippen LogP contribution >= 0.6 is 0 Å². The van der Waals surface area contributed by atoms with Gasteiger partial charge in [-0.3, -0.25) is 4.55 Å². The number of rotatable bonds is 3. The third kappa shape index (κ3) is 3.32. The summed E-state index contributed by atoms with van der Waals surface area (Å²) in [6.07, 6.45) is -10.1. The van der Waals surface area contributed by atoms with Crippen LogP contribution in [-0.4, -0.2) is 70.1 Å². The molecule has 0 aromatic carbocycles. The lowest BCUT2D eigenvalue weighted by atomic mass is 9.99. The second-order valence-corrected chi connectivity index (χ2v) is 4.31. The van der Waals surface area contributed by atoms with Gasteiger partial charge < -0.3 is 25.2 Å². The average molecular weight is 274 g/mol. The summed E-state index contributed by atoms with van der Waals surface area (Å²) < 4.78 is 37.3. The van der Waals surface area contributed by atoms with Crippen molar-refractivity contribution in [2.24, 2.45) is 0 Å². The largest absolute Gasteiger partial charge is 0.479 e. The molecule has 1 aliphatic rings. The third-order valence-corrected chi connectivity index (χ3v) is 2.46. The predicted octanol–water partition coefficient (Wildman–Crippen LogP) is -3.30. The standard InChI is InChI=1S/C6H10O10S/c7-1-2(8)4(5(10)11)15-6(3(1)9)16-17(12,13)14/h1-4,6-9H,(H,10,11)(H,12,13,14). The van der Waals surface area contributed by atoms with Crippen LogP contribution in [0.2, 0.25) is 0 Å². The molecular weight excluding hydrogens is 264 g/mol. The first-order valence-electron chi connectivity index (χ1n) is 4.21. The van der Waals surface area contributed by atoms with Crippen LogP contribution in [0.3, 0.4) is 0 Å². The van der Waals surface area contributed by atoms with E-state index < -0.39 is 47.1 Å². The van der Waals surface area contributed by atoms with Crippen LogP contribution in [0.15, 0.2) is 0 Å². The number of aliphatic hydroxyl groups is 3. The summed E-state index contributed by atoms with van der Waals surface area (Å²) in [5.74, 6) is -1.70. The first-order chi connectivity index (χ1) is 7.63. The highest BCUT2D eigenvalue weighted by Gasteiger charge is 2.48. The first kappa shape index (κ1) is 14.2. The molecule has 17 heavy (non-hydrogen) atoms. The van der Waals surface area contributed by atoms with E-state index in [-0.39, 0.29) is 0 Å². The molecule has 0 amide bonds. The molecule has 5 atom stereocenters. The number of aliphatic carboxylic acids is 1. The lowest BCUT2D eigenvalue weighted by Crippen LogP contribution is -2.60. The highest BCUT2D eigenvalue weighted by molar-refractivity contribution is 7.80. The quantitative estimate of drug-likeness (QED) is 0.328. The summed E-state index contributed by atoms with van der Waals surface area (Å²) in [6.45, 7) is 0. The maximum Gasteiger partial charge on any atom is 0.399 e. The van der Waals surface area contributed by atoms with Gasteiger partial charge in [0.2, 0.25) is 6.29 Å². The Kier molecular flexibility index (Phi) is 4.03. The number of carboxylic acids is 1. The average Bonchev–Trinajstić information content (AvgIpc) is 2.16. The van der Waals surface area contributed by atoms with Gasteiger partial charge in [-0.25, -0.2) is 8.98 Å². The van der Waals surface area contributed by atoms with Crippen molar-refractivity contribution in [3.63, 3.8) is 0 Å². The number of carbonyl (C=O) groups is 1. The van der Waals surface area contributed by atoms with Gasteiger partial charge in [-0.2, -0.15) is 8.42 Å². The van der Waals surface area contributed by atoms with Gasteiger partial charge in [0.05, 0.1) is 0 Å². The Labute approximate surface area is 95.0 Å². The van der Waals surface area contributed by atoms with Crippen LogP contribution in [0.4, 0.5) is 0 Å². The molecule has 100 valence electrons. The van der Waals surface area contributed by atoms with E-state index in [1.54, 1.807) is 0 Å². The summed E-state index contributed by atoms with van der Waals surface area (Å²) in [5.41, 5.74) is 0. The van der Waals surface area contributed by atoms with Gasteiger partial charge >= 0.3 is 16.4 Å². The highest BCUT2D eigenvalue weighted by Crippen LogP contribution is 2.23. The number of aliphatic hydroxyl groups excluding tert-OH is 3. The molecule has 0 aromatic rings. The van der Waals surface area contributed by atoms with E-state index in [2.05, 4.69) is 8.92 Å². The SMILES string of the molecule is O=C(O)C1OC(OS(=O)(=O)O)C(O)C(O)C1O. The van der Waals surface area contributed by atoms with E-state index in [9.17, 15) is 28.5 Å². The highest BCUT2D eigenvalue weighted by atomic mass is 32.3. The Bertz CT molecular complexity index is 390. The smallest absolute Gasteiger partial charge is 0.399 e. The third-order valence-electron chi connectivity index (χ3n) is 2.03. The van der Waals surface area contributed by atoms with Gasteiger partial charge in [0.1, 0.15) is 18.3 Å². The van der Waals surface area contributed by atoms with Crippen LogP contribution in [0.1, 0.15) is 0 Å². The molecule has 0 radical (unpaired) electrons. The fraction of sp³-hybridized carbons (Fsp3) is 0.833. The van der Waals surface area contributed by atoms with Crippen molar-refractivity contribution in [1.29, 1.82) is 0 Å². The number of ether oxygens (including phenoxy) is 1. The molecule has 0 aliphatic carbocycles. The van der Waals surface area contributed by atoms with Crippen molar-refractivity contribution < 1.29 is 47.1 Å². The maximum absolute atomic E-state index is 10.6. The number of hydrogen-bond donors (Lipinski definition) is 5. The van der Waals surface area contributed by atoms with Gasteiger partial charge in [-0.1, -0.05) is 0 Å². The lowest BCUT2D eigenvalue weighted by molar-refractivity contribution is -0.271. The van der Waals surface area contributed by atoms with Gasteiger partial charge in [0, 0.05) is 0 Å². The van der Waals surface area contributed by atoms with E-state index in [1.165, 1.54) is 0 Å². The fourth-order valence-electron chi connectivity index (χ4n) is 1.25. The van der Waals surface area contributed by atoms with E-state index in [4.69, 9.17) is 9.66 Å². The topological polar surface area (TPSA) is 171 Å². The minimum Gasteiger partial charge on any atom is -0.479 e. The van der Waals surface area contributed by atoms with Crippen molar-refractivity contribution in [3.8, 4) is 0 Å². The van der Waals surface area contributed by atoms with Gasteiger partial charge in [0.25, 0.3) is 0 Å². The summed E-state index contributed by atoms with van der Waals surface area (Å²) in [7, 11) is -5.02. The Morgan fingerprint density at radius 1 is 1.12 bits per heavy atom. The molecule has 5 N–H and O–H groups in total. The van der Waals surface area contributed by atoms with Gasteiger partial charge in [-0.15, -0.1) is 0 Å². The second kappa shape index (κ2) is 4.81. The van der Waals surface area contributed by atoms with Crippen molar-refractivity contribution in [1.82, 2.24) is 0 Å².